The number of hydrogen-bond donors (Lipinski definition) is 1. The van der Waals surface area contributed by atoms with E-state index in [1.54, 1.807) is 13.0 Å². The van der Waals surface area contributed by atoms with Crippen LogP contribution in [0.25, 0.3) is 0 Å². The van der Waals surface area contributed by atoms with Gasteiger partial charge in [-0.1, -0.05) is 6.92 Å². The van der Waals surface area contributed by atoms with Crippen LogP contribution in [0.1, 0.15) is 19.0 Å². The van der Waals surface area contributed by atoms with E-state index in [4.69, 9.17) is 5.73 Å². The highest BCUT2D eigenvalue weighted by molar-refractivity contribution is 5.30. The van der Waals surface area contributed by atoms with Crippen LogP contribution in [-0.4, -0.2) is 29.2 Å². The summed E-state index contributed by atoms with van der Waals surface area (Å²) in [5.41, 5.74) is 5.92. The SMILES string of the molecule is CCCN(CC(F)(F)F)c1nccc(CN)n1. The lowest BCUT2D eigenvalue weighted by Crippen LogP contribution is -2.36. The molecule has 0 unspecified atom stereocenters. The van der Waals surface area contributed by atoms with Gasteiger partial charge in [0.2, 0.25) is 5.95 Å². The number of halogens is 3. The summed E-state index contributed by atoms with van der Waals surface area (Å²) in [6, 6.07) is 1.58. The average molecular weight is 248 g/mol. The first-order chi connectivity index (χ1) is 7.96. The number of rotatable bonds is 5. The van der Waals surface area contributed by atoms with Gasteiger partial charge in [-0.05, 0) is 12.5 Å². The van der Waals surface area contributed by atoms with Crippen molar-refractivity contribution in [3.05, 3.63) is 18.0 Å². The Morgan fingerprint density at radius 1 is 1.41 bits per heavy atom. The zero-order chi connectivity index (χ0) is 12.9. The fraction of sp³-hybridized carbons (Fsp3) is 0.600. The van der Waals surface area contributed by atoms with E-state index in [1.165, 1.54) is 6.20 Å². The molecule has 0 amide bonds. The Bertz CT molecular complexity index is 354. The van der Waals surface area contributed by atoms with Crippen molar-refractivity contribution >= 4 is 5.95 Å². The molecule has 0 aliphatic rings. The van der Waals surface area contributed by atoms with Crippen molar-refractivity contribution in [2.45, 2.75) is 26.1 Å². The minimum atomic E-state index is -4.27. The predicted molar refractivity (Wildman–Crippen MR) is 58.5 cm³/mol. The third kappa shape index (κ3) is 4.56. The quantitative estimate of drug-likeness (QED) is 0.862. The molecule has 0 aliphatic carbocycles. The van der Waals surface area contributed by atoms with Crippen molar-refractivity contribution in [3.8, 4) is 0 Å². The van der Waals surface area contributed by atoms with Gasteiger partial charge in [-0.3, -0.25) is 0 Å². The highest BCUT2D eigenvalue weighted by Gasteiger charge is 2.31. The van der Waals surface area contributed by atoms with Crippen LogP contribution < -0.4 is 10.6 Å². The Morgan fingerprint density at radius 3 is 2.65 bits per heavy atom. The summed E-state index contributed by atoms with van der Waals surface area (Å²) in [5.74, 6) is 0.0760. The number of nitrogens with zero attached hydrogens (tertiary/aromatic N) is 3. The molecule has 0 saturated carbocycles. The van der Waals surface area contributed by atoms with Gasteiger partial charge < -0.3 is 10.6 Å². The largest absolute Gasteiger partial charge is 0.406 e. The molecule has 2 N–H and O–H groups in total. The summed E-state index contributed by atoms with van der Waals surface area (Å²) in [7, 11) is 0. The molecule has 0 fully saturated rings. The molecule has 0 aliphatic heterocycles. The van der Waals surface area contributed by atoms with Crippen LogP contribution >= 0.6 is 0 Å². The molecule has 0 bridgehead atoms. The Labute approximate surface area is 97.7 Å². The van der Waals surface area contributed by atoms with Crippen molar-refractivity contribution in [3.63, 3.8) is 0 Å². The predicted octanol–water partition coefficient (Wildman–Crippen LogP) is 1.71. The van der Waals surface area contributed by atoms with E-state index in [0.29, 0.717) is 12.1 Å². The van der Waals surface area contributed by atoms with Crippen LogP contribution in [0.3, 0.4) is 0 Å². The van der Waals surface area contributed by atoms with Gasteiger partial charge in [0, 0.05) is 19.3 Å². The van der Waals surface area contributed by atoms with Crippen LogP contribution in [0.15, 0.2) is 12.3 Å². The molecule has 1 heterocycles. The third-order valence-corrected chi connectivity index (χ3v) is 2.06. The minimum absolute atomic E-state index is 0.0760. The Balaban J connectivity index is 2.88. The van der Waals surface area contributed by atoms with Gasteiger partial charge in [-0.25, -0.2) is 9.97 Å². The van der Waals surface area contributed by atoms with Crippen LogP contribution in [0.5, 0.6) is 0 Å². The van der Waals surface area contributed by atoms with Crippen molar-refractivity contribution in [2.75, 3.05) is 18.0 Å². The molecular formula is C10H15F3N4. The number of nitrogens with two attached hydrogens (primary N) is 1. The summed E-state index contributed by atoms with van der Waals surface area (Å²) in [5, 5.41) is 0. The van der Waals surface area contributed by atoms with Crippen molar-refractivity contribution in [1.29, 1.82) is 0 Å². The maximum absolute atomic E-state index is 12.4. The van der Waals surface area contributed by atoms with Gasteiger partial charge in [0.05, 0.1) is 5.69 Å². The van der Waals surface area contributed by atoms with Crippen molar-refractivity contribution in [2.24, 2.45) is 5.73 Å². The first-order valence-electron chi connectivity index (χ1n) is 5.30. The standard InChI is InChI=1S/C10H15F3N4/c1-2-5-17(7-10(11,12)13)9-15-4-3-8(6-14)16-9/h3-4H,2,5-7,14H2,1H3. The molecule has 0 spiro atoms. The van der Waals surface area contributed by atoms with Crippen LogP contribution in [0.4, 0.5) is 19.1 Å². The molecule has 17 heavy (non-hydrogen) atoms. The normalized spacial score (nSPS) is 11.6. The second-order valence-corrected chi connectivity index (χ2v) is 3.59. The molecule has 0 saturated heterocycles. The van der Waals surface area contributed by atoms with E-state index in [1.807, 2.05) is 0 Å². The zero-order valence-electron chi connectivity index (χ0n) is 9.54. The first-order valence-corrected chi connectivity index (χ1v) is 5.30. The maximum atomic E-state index is 12.4. The lowest BCUT2D eigenvalue weighted by molar-refractivity contribution is -0.119. The summed E-state index contributed by atoms with van der Waals surface area (Å²) in [6.45, 7) is 1.19. The molecule has 1 rings (SSSR count). The smallest absolute Gasteiger partial charge is 0.332 e. The van der Waals surface area contributed by atoms with E-state index < -0.39 is 12.7 Å². The van der Waals surface area contributed by atoms with Crippen LogP contribution in [0.2, 0.25) is 0 Å². The fourth-order valence-corrected chi connectivity index (χ4v) is 1.39. The molecule has 96 valence electrons. The number of anilines is 1. The highest BCUT2D eigenvalue weighted by Crippen LogP contribution is 2.19. The molecule has 0 aromatic carbocycles. The Kier molecular flexibility index (Phi) is 4.68. The third-order valence-electron chi connectivity index (χ3n) is 2.06. The molecule has 1 aromatic rings. The Morgan fingerprint density at radius 2 is 2.12 bits per heavy atom. The van der Waals surface area contributed by atoms with E-state index in [-0.39, 0.29) is 19.0 Å². The molecular weight excluding hydrogens is 233 g/mol. The van der Waals surface area contributed by atoms with Crippen LogP contribution in [-0.2, 0) is 6.54 Å². The molecule has 1 aromatic heterocycles. The maximum Gasteiger partial charge on any atom is 0.406 e. The molecule has 4 nitrogen and oxygen atoms in total. The molecule has 0 radical (unpaired) electrons. The number of aromatic nitrogens is 2. The second kappa shape index (κ2) is 5.81. The van der Waals surface area contributed by atoms with Gasteiger partial charge in [0.1, 0.15) is 6.54 Å². The zero-order valence-corrected chi connectivity index (χ0v) is 9.54. The van der Waals surface area contributed by atoms with E-state index >= 15 is 0 Å². The van der Waals surface area contributed by atoms with E-state index in [9.17, 15) is 13.2 Å². The lowest BCUT2D eigenvalue weighted by Gasteiger charge is -2.23. The summed E-state index contributed by atoms with van der Waals surface area (Å²) < 4.78 is 37.1. The first kappa shape index (κ1) is 13.7. The van der Waals surface area contributed by atoms with Crippen LogP contribution in [0, 0.1) is 0 Å². The lowest BCUT2D eigenvalue weighted by atomic mass is 10.4. The minimum Gasteiger partial charge on any atom is -0.332 e. The van der Waals surface area contributed by atoms with Crippen molar-refractivity contribution in [1.82, 2.24) is 9.97 Å². The fourth-order valence-electron chi connectivity index (χ4n) is 1.39. The van der Waals surface area contributed by atoms with Crippen molar-refractivity contribution < 1.29 is 13.2 Å². The van der Waals surface area contributed by atoms with Gasteiger partial charge in [-0.15, -0.1) is 0 Å². The number of hydrogen-bond acceptors (Lipinski definition) is 4. The average Bonchev–Trinajstić information content (AvgIpc) is 2.27. The topological polar surface area (TPSA) is 55.0 Å². The monoisotopic (exact) mass is 248 g/mol. The van der Waals surface area contributed by atoms with E-state index in [0.717, 1.165) is 4.90 Å². The second-order valence-electron chi connectivity index (χ2n) is 3.59. The summed E-state index contributed by atoms with van der Waals surface area (Å²) in [6.07, 6.45) is -2.26. The Hall–Kier alpha value is -1.37. The van der Waals surface area contributed by atoms with E-state index in [2.05, 4.69) is 9.97 Å². The summed E-state index contributed by atoms with van der Waals surface area (Å²) in [4.78, 5) is 8.94. The highest BCUT2D eigenvalue weighted by atomic mass is 19.4. The number of alkyl halides is 3. The summed E-state index contributed by atoms with van der Waals surface area (Å²) >= 11 is 0. The van der Waals surface area contributed by atoms with Gasteiger partial charge in [-0.2, -0.15) is 13.2 Å². The molecule has 7 heteroatoms. The van der Waals surface area contributed by atoms with Gasteiger partial charge >= 0.3 is 6.18 Å². The van der Waals surface area contributed by atoms with Gasteiger partial charge in [0.25, 0.3) is 0 Å². The van der Waals surface area contributed by atoms with Gasteiger partial charge in [0.15, 0.2) is 0 Å². The molecule has 0 atom stereocenters.